The zero-order valence-electron chi connectivity index (χ0n) is 9.77. The molecular formula is C12H15N3O2. The standard InChI is InChI=1S/C12H15N3O2/c1-9(16)10-2-3-11(14-8-10)15-6-4-12(17)13-5-7-15/h2-3,8H,4-7H2,1H3,(H,13,17). The van der Waals surface area contributed by atoms with Gasteiger partial charge in [-0.3, -0.25) is 9.59 Å². The Kier molecular flexibility index (Phi) is 3.37. The van der Waals surface area contributed by atoms with E-state index >= 15 is 0 Å². The second-order valence-corrected chi connectivity index (χ2v) is 4.05. The molecule has 0 unspecified atom stereocenters. The molecule has 1 N–H and O–H groups in total. The van der Waals surface area contributed by atoms with Crippen LogP contribution in [0.4, 0.5) is 5.82 Å². The Hall–Kier alpha value is -1.91. The molecule has 0 bridgehead atoms. The van der Waals surface area contributed by atoms with Crippen LogP contribution >= 0.6 is 0 Å². The van der Waals surface area contributed by atoms with Crippen LogP contribution in [-0.4, -0.2) is 36.3 Å². The summed E-state index contributed by atoms with van der Waals surface area (Å²) in [6.45, 7) is 3.57. The number of hydrogen-bond donors (Lipinski definition) is 1. The number of carbonyl (C=O) groups is 2. The van der Waals surface area contributed by atoms with Crippen LogP contribution in [0, 0.1) is 0 Å². The topological polar surface area (TPSA) is 62.3 Å². The van der Waals surface area contributed by atoms with Gasteiger partial charge in [0.05, 0.1) is 0 Å². The van der Waals surface area contributed by atoms with Crippen molar-refractivity contribution >= 4 is 17.5 Å². The summed E-state index contributed by atoms with van der Waals surface area (Å²) in [5, 5.41) is 2.81. The molecule has 0 aromatic carbocycles. The van der Waals surface area contributed by atoms with Crippen LogP contribution in [0.2, 0.25) is 0 Å². The molecule has 0 aliphatic carbocycles. The van der Waals surface area contributed by atoms with Crippen molar-refractivity contribution < 1.29 is 9.59 Å². The predicted molar refractivity (Wildman–Crippen MR) is 64.1 cm³/mol. The van der Waals surface area contributed by atoms with Crippen molar-refractivity contribution in [1.29, 1.82) is 0 Å². The Bertz CT molecular complexity index is 428. The molecular weight excluding hydrogens is 218 g/mol. The molecule has 1 amide bonds. The third kappa shape index (κ3) is 2.81. The molecule has 17 heavy (non-hydrogen) atoms. The minimum absolute atomic E-state index is 0.0109. The predicted octanol–water partition coefficient (Wildman–Crippen LogP) is 0.610. The zero-order valence-corrected chi connectivity index (χ0v) is 9.77. The van der Waals surface area contributed by atoms with Crippen molar-refractivity contribution in [2.24, 2.45) is 0 Å². The molecule has 1 aliphatic rings. The number of rotatable bonds is 2. The molecule has 0 atom stereocenters. The maximum atomic E-state index is 11.2. The van der Waals surface area contributed by atoms with Crippen molar-refractivity contribution in [3.8, 4) is 0 Å². The third-order valence-electron chi connectivity index (χ3n) is 2.79. The first-order chi connectivity index (χ1) is 8.16. The number of carbonyl (C=O) groups excluding carboxylic acids is 2. The van der Waals surface area contributed by atoms with Crippen LogP contribution in [0.1, 0.15) is 23.7 Å². The van der Waals surface area contributed by atoms with E-state index < -0.39 is 0 Å². The van der Waals surface area contributed by atoms with Crippen molar-refractivity contribution in [3.63, 3.8) is 0 Å². The number of nitrogens with zero attached hydrogens (tertiary/aromatic N) is 2. The Labute approximate surface area is 99.8 Å². The molecule has 2 rings (SSSR count). The second kappa shape index (κ2) is 4.95. The highest BCUT2D eigenvalue weighted by Crippen LogP contribution is 2.12. The molecule has 1 aliphatic heterocycles. The van der Waals surface area contributed by atoms with Crippen LogP contribution in [0.15, 0.2) is 18.3 Å². The van der Waals surface area contributed by atoms with Gasteiger partial charge in [-0.1, -0.05) is 0 Å². The fourth-order valence-corrected chi connectivity index (χ4v) is 1.78. The first-order valence-corrected chi connectivity index (χ1v) is 5.65. The van der Waals surface area contributed by atoms with Gasteiger partial charge in [-0.05, 0) is 19.1 Å². The smallest absolute Gasteiger partial charge is 0.221 e. The number of ketones is 1. The molecule has 1 saturated heterocycles. The van der Waals surface area contributed by atoms with Crippen LogP contribution in [0.5, 0.6) is 0 Å². The summed E-state index contributed by atoms with van der Waals surface area (Å²) in [6.07, 6.45) is 2.06. The van der Waals surface area contributed by atoms with E-state index in [1.807, 2.05) is 11.0 Å². The molecule has 1 aromatic heterocycles. The van der Waals surface area contributed by atoms with E-state index in [4.69, 9.17) is 0 Å². The number of aromatic nitrogens is 1. The molecule has 5 heteroatoms. The van der Waals surface area contributed by atoms with E-state index in [9.17, 15) is 9.59 Å². The van der Waals surface area contributed by atoms with Gasteiger partial charge >= 0.3 is 0 Å². The minimum Gasteiger partial charge on any atom is -0.354 e. The van der Waals surface area contributed by atoms with Gasteiger partial charge in [-0.2, -0.15) is 0 Å². The SMILES string of the molecule is CC(=O)c1ccc(N2CCNC(=O)CC2)nc1. The van der Waals surface area contributed by atoms with Gasteiger partial charge < -0.3 is 10.2 Å². The van der Waals surface area contributed by atoms with E-state index in [0.717, 1.165) is 12.4 Å². The number of amides is 1. The van der Waals surface area contributed by atoms with Crippen LogP contribution in [-0.2, 0) is 4.79 Å². The molecule has 0 spiro atoms. The lowest BCUT2D eigenvalue weighted by Gasteiger charge is -2.20. The zero-order chi connectivity index (χ0) is 12.3. The van der Waals surface area contributed by atoms with E-state index in [1.54, 1.807) is 12.3 Å². The maximum Gasteiger partial charge on any atom is 0.221 e. The molecule has 0 saturated carbocycles. The second-order valence-electron chi connectivity index (χ2n) is 4.05. The van der Waals surface area contributed by atoms with Gasteiger partial charge in [0.2, 0.25) is 5.91 Å². The maximum absolute atomic E-state index is 11.2. The normalized spacial score (nSPS) is 16.3. The highest BCUT2D eigenvalue weighted by atomic mass is 16.1. The summed E-state index contributed by atoms with van der Waals surface area (Å²) in [7, 11) is 0. The molecule has 0 radical (unpaired) electrons. The number of nitrogens with one attached hydrogen (secondary N) is 1. The Morgan fingerprint density at radius 1 is 1.41 bits per heavy atom. The lowest BCUT2D eigenvalue weighted by atomic mass is 10.2. The van der Waals surface area contributed by atoms with Gasteiger partial charge in [-0.25, -0.2) is 4.98 Å². The van der Waals surface area contributed by atoms with Gasteiger partial charge in [0, 0.05) is 37.8 Å². The minimum atomic E-state index is 0.0109. The van der Waals surface area contributed by atoms with Gasteiger partial charge in [0.25, 0.3) is 0 Å². The van der Waals surface area contributed by atoms with E-state index in [2.05, 4.69) is 10.3 Å². The molecule has 1 aromatic rings. The third-order valence-corrected chi connectivity index (χ3v) is 2.79. The Morgan fingerprint density at radius 2 is 2.24 bits per heavy atom. The average Bonchev–Trinajstić information content (AvgIpc) is 2.54. The first kappa shape index (κ1) is 11.6. The average molecular weight is 233 g/mol. The van der Waals surface area contributed by atoms with Crippen molar-refractivity contribution in [1.82, 2.24) is 10.3 Å². The number of hydrogen-bond acceptors (Lipinski definition) is 4. The summed E-state index contributed by atoms with van der Waals surface area (Å²) in [6, 6.07) is 3.59. The van der Waals surface area contributed by atoms with E-state index in [1.165, 1.54) is 6.92 Å². The number of pyridine rings is 1. The number of anilines is 1. The quantitative estimate of drug-likeness (QED) is 0.760. The van der Waals surface area contributed by atoms with Gasteiger partial charge in [0.15, 0.2) is 5.78 Å². The van der Waals surface area contributed by atoms with E-state index in [-0.39, 0.29) is 11.7 Å². The lowest BCUT2D eigenvalue weighted by molar-refractivity contribution is -0.120. The first-order valence-electron chi connectivity index (χ1n) is 5.65. The summed E-state index contributed by atoms with van der Waals surface area (Å²) in [4.78, 5) is 28.6. The largest absolute Gasteiger partial charge is 0.354 e. The van der Waals surface area contributed by atoms with E-state index in [0.29, 0.717) is 25.1 Å². The molecule has 1 fully saturated rings. The van der Waals surface area contributed by atoms with Crippen LogP contribution in [0.3, 0.4) is 0 Å². The molecule has 2 heterocycles. The van der Waals surface area contributed by atoms with Gasteiger partial charge in [0.1, 0.15) is 5.82 Å². The Morgan fingerprint density at radius 3 is 2.88 bits per heavy atom. The van der Waals surface area contributed by atoms with Crippen molar-refractivity contribution in [2.75, 3.05) is 24.5 Å². The summed E-state index contributed by atoms with van der Waals surface area (Å²) < 4.78 is 0. The van der Waals surface area contributed by atoms with Crippen LogP contribution < -0.4 is 10.2 Å². The highest BCUT2D eigenvalue weighted by Gasteiger charge is 2.14. The van der Waals surface area contributed by atoms with Crippen molar-refractivity contribution in [3.05, 3.63) is 23.9 Å². The fraction of sp³-hybridized carbons (Fsp3) is 0.417. The monoisotopic (exact) mass is 233 g/mol. The summed E-state index contributed by atoms with van der Waals surface area (Å²) in [5.74, 6) is 0.899. The Balaban J connectivity index is 2.11. The summed E-state index contributed by atoms with van der Waals surface area (Å²) >= 11 is 0. The highest BCUT2D eigenvalue weighted by molar-refractivity contribution is 5.93. The van der Waals surface area contributed by atoms with Crippen LogP contribution in [0.25, 0.3) is 0 Å². The van der Waals surface area contributed by atoms with Crippen molar-refractivity contribution in [2.45, 2.75) is 13.3 Å². The lowest BCUT2D eigenvalue weighted by Crippen LogP contribution is -2.28. The molecule has 90 valence electrons. The number of Topliss-reactive ketones (excluding diaryl/α,β-unsaturated/α-hetero) is 1. The van der Waals surface area contributed by atoms with Gasteiger partial charge in [-0.15, -0.1) is 0 Å². The summed E-state index contributed by atoms with van der Waals surface area (Å²) in [5.41, 5.74) is 0.609. The fourth-order valence-electron chi connectivity index (χ4n) is 1.78. The molecule has 5 nitrogen and oxygen atoms in total.